The Kier molecular flexibility index (Phi) is 4.10. The number of phenols is 2. The highest BCUT2D eigenvalue weighted by atomic mass is 16.3. The number of hydrogen-bond donors (Lipinski definition) is 2. The van der Waals surface area contributed by atoms with Gasteiger partial charge >= 0.3 is 0 Å². The molecule has 0 aliphatic heterocycles. The first kappa shape index (κ1) is 12.3. The molecule has 0 aliphatic rings. The van der Waals surface area contributed by atoms with Gasteiger partial charge in [0, 0.05) is 12.6 Å². The molecule has 0 aliphatic carbocycles. The fourth-order valence-corrected chi connectivity index (χ4v) is 1.36. The number of nitroso groups, excluding NO2 is 1. The summed E-state index contributed by atoms with van der Waals surface area (Å²) in [4.78, 5) is 10.5. The van der Waals surface area contributed by atoms with Gasteiger partial charge in [0.2, 0.25) is 0 Å². The predicted molar refractivity (Wildman–Crippen MR) is 61.1 cm³/mol. The SMILES string of the molecule is CC(C)N(CCc1ccc(O)c(O)c1)N=O. The monoisotopic (exact) mass is 224 g/mol. The Hall–Kier alpha value is -1.78. The van der Waals surface area contributed by atoms with Crippen molar-refractivity contribution >= 4 is 0 Å². The van der Waals surface area contributed by atoms with Gasteiger partial charge in [-0.2, -0.15) is 0 Å². The number of phenolic OH excluding ortho intramolecular Hbond substituents is 2. The van der Waals surface area contributed by atoms with Gasteiger partial charge in [-0.1, -0.05) is 6.07 Å². The minimum Gasteiger partial charge on any atom is -0.504 e. The van der Waals surface area contributed by atoms with Crippen LogP contribution in [-0.4, -0.2) is 27.8 Å². The minimum absolute atomic E-state index is 0.0585. The van der Waals surface area contributed by atoms with Crippen LogP contribution >= 0.6 is 0 Å². The molecule has 0 amide bonds. The average molecular weight is 224 g/mol. The van der Waals surface area contributed by atoms with Crippen LogP contribution in [0.25, 0.3) is 0 Å². The molecular weight excluding hydrogens is 208 g/mol. The lowest BCUT2D eigenvalue weighted by Crippen LogP contribution is -2.27. The zero-order chi connectivity index (χ0) is 12.1. The van der Waals surface area contributed by atoms with Crippen LogP contribution in [0.4, 0.5) is 0 Å². The molecule has 0 unspecified atom stereocenters. The van der Waals surface area contributed by atoms with Gasteiger partial charge in [-0.05, 0) is 38.0 Å². The highest BCUT2D eigenvalue weighted by molar-refractivity contribution is 5.40. The summed E-state index contributed by atoms with van der Waals surface area (Å²) in [6.07, 6.45) is 0.595. The highest BCUT2D eigenvalue weighted by Crippen LogP contribution is 2.25. The Bertz CT molecular complexity index is 366. The fourth-order valence-electron chi connectivity index (χ4n) is 1.36. The molecule has 5 nitrogen and oxygen atoms in total. The van der Waals surface area contributed by atoms with E-state index in [0.717, 1.165) is 5.56 Å². The summed E-state index contributed by atoms with van der Waals surface area (Å²) < 4.78 is 0. The summed E-state index contributed by atoms with van der Waals surface area (Å²) in [5.74, 6) is -0.286. The van der Waals surface area contributed by atoms with Crippen LogP contribution in [0.1, 0.15) is 19.4 Å². The second-order valence-electron chi connectivity index (χ2n) is 3.91. The zero-order valence-electron chi connectivity index (χ0n) is 9.42. The van der Waals surface area contributed by atoms with E-state index >= 15 is 0 Å². The summed E-state index contributed by atoms with van der Waals surface area (Å²) in [6.45, 7) is 4.26. The molecule has 0 saturated heterocycles. The van der Waals surface area contributed by atoms with E-state index in [4.69, 9.17) is 5.11 Å². The summed E-state index contributed by atoms with van der Waals surface area (Å²) in [5, 5.41) is 22.8. The molecule has 0 saturated carbocycles. The summed E-state index contributed by atoms with van der Waals surface area (Å²) in [6, 6.07) is 4.68. The molecule has 16 heavy (non-hydrogen) atoms. The van der Waals surface area contributed by atoms with Crippen molar-refractivity contribution in [1.82, 2.24) is 5.01 Å². The highest BCUT2D eigenvalue weighted by Gasteiger charge is 2.08. The Morgan fingerprint density at radius 3 is 2.50 bits per heavy atom. The molecule has 0 aromatic heterocycles. The maximum atomic E-state index is 10.5. The van der Waals surface area contributed by atoms with E-state index in [9.17, 15) is 10.0 Å². The molecule has 0 bridgehead atoms. The van der Waals surface area contributed by atoms with E-state index in [1.54, 1.807) is 6.07 Å². The van der Waals surface area contributed by atoms with Crippen molar-refractivity contribution in [2.75, 3.05) is 6.54 Å². The lowest BCUT2D eigenvalue weighted by Gasteiger charge is -2.19. The predicted octanol–water partition coefficient (Wildman–Crippen LogP) is 2.03. The van der Waals surface area contributed by atoms with Gasteiger partial charge < -0.3 is 10.2 Å². The van der Waals surface area contributed by atoms with E-state index in [-0.39, 0.29) is 17.5 Å². The molecule has 0 fully saturated rings. The second-order valence-corrected chi connectivity index (χ2v) is 3.91. The van der Waals surface area contributed by atoms with Gasteiger partial charge in [0.25, 0.3) is 0 Å². The number of hydrogen-bond acceptors (Lipinski definition) is 4. The maximum Gasteiger partial charge on any atom is 0.157 e. The Morgan fingerprint density at radius 2 is 2.00 bits per heavy atom. The molecule has 0 atom stereocenters. The molecule has 1 aromatic rings. The van der Waals surface area contributed by atoms with Gasteiger partial charge in [0.1, 0.15) is 0 Å². The molecule has 1 aromatic carbocycles. The van der Waals surface area contributed by atoms with E-state index < -0.39 is 0 Å². The first-order chi connectivity index (χ1) is 7.54. The van der Waals surface area contributed by atoms with Crippen molar-refractivity contribution in [3.63, 3.8) is 0 Å². The minimum atomic E-state index is -0.146. The van der Waals surface area contributed by atoms with Gasteiger partial charge in [0.05, 0.1) is 5.29 Å². The van der Waals surface area contributed by atoms with Crippen molar-refractivity contribution < 1.29 is 10.2 Å². The summed E-state index contributed by atoms with van der Waals surface area (Å²) in [7, 11) is 0. The van der Waals surface area contributed by atoms with E-state index in [1.165, 1.54) is 17.1 Å². The standard InChI is InChI=1S/C11H16N2O3/c1-8(2)13(12-16)6-5-9-3-4-10(14)11(15)7-9/h3-4,7-8,14-15H,5-6H2,1-2H3. The van der Waals surface area contributed by atoms with Crippen LogP contribution < -0.4 is 0 Å². The zero-order valence-corrected chi connectivity index (χ0v) is 9.42. The summed E-state index contributed by atoms with van der Waals surface area (Å²) >= 11 is 0. The average Bonchev–Trinajstić information content (AvgIpc) is 2.23. The third kappa shape index (κ3) is 3.12. The van der Waals surface area contributed by atoms with Gasteiger partial charge in [-0.25, -0.2) is 0 Å². The van der Waals surface area contributed by atoms with Crippen LogP contribution in [0.2, 0.25) is 0 Å². The smallest absolute Gasteiger partial charge is 0.157 e. The van der Waals surface area contributed by atoms with Crippen LogP contribution in [0.3, 0.4) is 0 Å². The third-order valence-corrected chi connectivity index (χ3v) is 2.37. The Morgan fingerprint density at radius 1 is 1.31 bits per heavy atom. The topological polar surface area (TPSA) is 73.1 Å². The van der Waals surface area contributed by atoms with Crippen molar-refractivity contribution in [2.24, 2.45) is 5.29 Å². The lowest BCUT2D eigenvalue weighted by molar-refractivity contribution is 0.231. The number of aromatic hydroxyl groups is 2. The molecule has 0 radical (unpaired) electrons. The number of rotatable bonds is 5. The first-order valence-corrected chi connectivity index (χ1v) is 5.15. The second kappa shape index (κ2) is 5.34. The van der Waals surface area contributed by atoms with Crippen molar-refractivity contribution in [2.45, 2.75) is 26.3 Å². The van der Waals surface area contributed by atoms with Crippen LogP contribution in [0.15, 0.2) is 23.5 Å². The molecular formula is C11H16N2O3. The molecule has 88 valence electrons. The third-order valence-electron chi connectivity index (χ3n) is 2.37. The van der Waals surface area contributed by atoms with Crippen LogP contribution in [0.5, 0.6) is 11.5 Å². The van der Waals surface area contributed by atoms with Gasteiger partial charge in [-0.15, -0.1) is 4.91 Å². The van der Waals surface area contributed by atoms with Crippen LogP contribution in [0, 0.1) is 4.91 Å². The normalized spacial score (nSPS) is 10.4. The largest absolute Gasteiger partial charge is 0.504 e. The van der Waals surface area contributed by atoms with E-state index in [2.05, 4.69) is 5.29 Å². The van der Waals surface area contributed by atoms with Crippen molar-refractivity contribution in [3.05, 3.63) is 28.7 Å². The van der Waals surface area contributed by atoms with Crippen molar-refractivity contribution in [3.8, 4) is 11.5 Å². The van der Waals surface area contributed by atoms with Crippen molar-refractivity contribution in [1.29, 1.82) is 0 Å². The molecule has 1 rings (SSSR count). The lowest BCUT2D eigenvalue weighted by atomic mass is 10.1. The molecule has 0 spiro atoms. The molecule has 5 heteroatoms. The Balaban J connectivity index is 2.60. The van der Waals surface area contributed by atoms with Gasteiger partial charge in [0.15, 0.2) is 11.5 Å². The fraction of sp³-hybridized carbons (Fsp3) is 0.455. The van der Waals surface area contributed by atoms with Crippen LogP contribution in [-0.2, 0) is 6.42 Å². The summed E-state index contributed by atoms with van der Waals surface area (Å²) in [5.41, 5.74) is 0.851. The maximum absolute atomic E-state index is 10.5. The number of benzene rings is 1. The van der Waals surface area contributed by atoms with Gasteiger partial charge in [-0.3, -0.25) is 5.01 Å². The first-order valence-electron chi connectivity index (χ1n) is 5.15. The molecule has 0 heterocycles. The van der Waals surface area contributed by atoms with E-state index in [0.29, 0.717) is 13.0 Å². The number of nitrogens with zero attached hydrogens (tertiary/aromatic N) is 2. The molecule has 2 N–H and O–H groups in total. The quantitative estimate of drug-likeness (QED) is 0.456. The van der Waals surface area contributed by atoms with E-state index in [1.807, 2.05) is 13.8 Å². The Labute approximate surface area is 94.3 Å².